The number of aliphatic imine (C=N–C) groups is 1. The lowest BCUT2D eigenvalue weighted by Crippen LogP contribution is -2.49. The molecular weight excluding hydrogens is 354 g/mol. The van der Waals surface area contributed by atoms with Crippen LogP contribution in [-0.4, -0.2) is 62.2 Å². The van der Waals surface area contributed by atoms with Gasteiger partial charge in [0.15, 0.2) is 5.96 Å². The van der Waals surface area contributed by atoms with Gasteiger partial charge in [-0.3, -0.25) is 9.89 Å². The van der Waals surface area contributed by atoms with E-state index in [0.717, 1.165) is 38.1 Å². The molecule has 1 aromatic rings. The third kappa shape index (κ3) is 6.11. The summed E-state index contributed by atoms with van der Waals surface area (Å²) in [5.41, 5.74) is 0. The number of rotatable bonds is 6. The molecule has 3 rings (SSSR count). The lowest BCUT2D eigenvalue weighted by Gasteiger charge is -2.35. The Balaban J connectivity index is 1.47. The molecule has 2 fully saturated rings. The first kappa shape index (κ1) is 20.5. The van der Waals surface area contributed by atoms with E-state index in [1.54, 1.807) is 0 Å². The van der Waals surface area contributed by atoms with Gasteiger partial charge in [0.1, 0.15) is 0 Å². The first-order valence-corrected chi connectivity index (χ1v) is 11.6. The molecular formula is C21H37N5S. The first-order chi connectivity index (χ1) is 13.2. The summed E-state index contributed by atoms with van der Waals surface area (Å²) < 4.78 is 0. The van der Waals surface area contributed by atoms with Crippen molar-refractivity contribution in [3.63, 3.8) is 0 Å². The summed E-state index contributed by atoms with van der Waals surface area (Å²) in [7, 11) is 0. The highest BCUT2D eigenvalue weighted by molar-refractivity contribution is 7.14. The molecule has 1 aromatic heterocycles. The van der Waals surface area contributed by atoms with Crippen LogP contribution in [0.3, 0.4) is 0 Å². The van der Waals surface area contributed by atoms with Crippen molar-refractivity contribution in [3.05, 3.63) is 17.5 Å². The third-order valence-corrected chi connectivity index (χ3v) is 6.75. The lowest BCUT2D eigenvalue weighted by atomic mass is 9.99. The van der Waals surface area contributed by atoms with E-state index in [1.165, 1.54) is 43.8 Å². The Morgan fingerprint density at radius 1 is 1.30 bits per heavy atom. The molecule has 2 unspecified atom stereocenters. The fourth-order valence-electron chi connectivity index (χ4n) is 4.17. The molecule has 2 aliphatic rings. The highest BCUT2D eigenvalue weighted by Gasteiger charge is 2.22. The van der Waals surface area contributed by atoms with Crippen LogP contribution >= 0.6 is 11.3 Å². The minimum Gasteiger partial charge on any atom is -0.363 e. The standard InChI is InChI=1S/C21H37N5S/c1-4-22-21(23-15-18(3)26-11-5-7-17(2)16-26)24-19-9-12-25(13-10-19)20-8-6-14-27-20/h6,8,14,17-19H,4-5,7,9-13,15-16H2,1-3H3,(H2,22,23,24). The smallest absolute Gasteiger partial charge is 0.191 e. The molecule has 6 heteroatoms. The highest BCUT2D eigenvalue weighted by atomic mass is 32.1. The molecule has 2 atom stereocenters. The van der Waals surface area contributed by atoms with Crippen molar-refractivity contribution in [2.75, 3.05) is 44.2 Å². The molecule has 0 saturated carbocycles. The van der Waals surface area contributed by atoms with Gasteiger partial charge in [-0.2, -0.15) is 0 Å². The second-order valence-corrected chi connectivity index (χ2v) is 9.09. The van der Waals surface area contributed by atoms with Crippen molar-refractivity contribution in [3.8, 4) is 0 Å². The van der Waals surface area contributed by atoms with E-state index < -0.39 is 0 Å². The average Bonchev–Trinajstić information content (AvgIpc) is 3.21. The Kier molecular flexibility index (Phi) is 7.82. The molecule has 152 valence electrons. The van der Waals surface area contributed by atoms with Crippen LogP contribution in [0.4, 0.5) is 5.00 Å². The number of likely N-dealkylation sites (tertiary alicyclic amines) is 1. The number of hydrogen-bond donors (Lipinski definition) is 2. The zero-order valence-electron chi connectivity index (χ0n) is 17.3. The zero-order valence-corrected chi connectivity index (χ0v) is 18.1. The number of nitrogens with zero attached hydrogens (tertiary/aromatic N) is 3. The summed E-state index contributed by atoms with van der Waals surface area (Å²) in [6.07, 6.45) is 5.04. The van der Waals surface area contributed by atoms with Crippen LogP contribution in [0.25, 0.3) is 0 Å². The van der Waals surface area contributed by atoms with Gasteiger partial charge in [0.25, 0.3) is 0 Å². The Morgan fingerprint density at radius 2 is 2.11 bits per heavy atom. The molecule has 27 heavy (non-hydrogen) atoms. The van der Waals surface area contributed by atoms with E-state index in [0.29, 0.717) is 12.1 Å². The molecule has 2 N–H and O–H groups in total. The first-order valence-electron chi connectivity index (χ1n) is 10.7. The number of nitrogens with one attached hydrogen (secondary N) is 2. The van der Waals surface area contributed by atoms with Crippen LogP contribution in [0.5, 0.6) is 0 Å². The average molecular weight is 392 g/mol. The Labute approximate surface area is 169 Å². The van der Waals surface area contributed by atoms with Gasteiger partial charge in [0.2, 0.25) is 0 Å². The predicted molar refractivity (Wildman–Crippen MR) is 118 cm³/mol. The number of guanidine groups is 1. The SMILES string of the molecule is CCNC(=NCC(C)N1CCCC(C)C1)NC1CCN(c2cccs2)CC1. The fourth-order valence-corrected chi connectivity index (χ4v) is 4.96. The number of piperidine rings is 2. The van der Waals surface area contributed by atoms with E-state index >= 15 is 0 Å². The summed E-state index contributed by atoms with van der Waals surface area (Å²) >= 11 is 1.84. The topological polar surface area (TPSA) is 42.9 Å². The van der Waals surface area contributed by atoms with Gasteiger partial charge in [0.05, 0.1) is 11.5 Å². The maximum absolute atomic E-state index is 4.92. The van der Waals surface area contributed by atoms with Crippen LogP contribution in [0.15, 0.2) is 22.5 Å². The molecule has 0 aliphatic carbocycles. The summed E-state index contributed by atoms with van der Waals surface area (Å²) in [5, 5.41) is 10.7. The third-order valence-electron chi connectivity index (χ3n) is 5.82. The Bertz CT molecular complexity index is 565. The van der Waals surface area contributed by atoms with E-state index in [4.69, 9.17) is 4.99 Å². The maximum Gasteiger partial charge on any atom is 0.191 e. The molecule has 2 saturated heterocycles. The van der Waals surface area contributed by atoms with Gasteiger partial charge in [-0.25, -0.2) is 0 Å². The van der Waals surface area contributed by atoms with Gasteiger partial charge in [-0.15, -0.1) is 11.3 Å². The Hall–Kier alpha value is -1.27. The van der Waals surface area contributed by atoms with Crippen molar-refractivity contribution >= 4 is 22.3 Å². The van der Waals surface area contributed by atoms with Crippen molar-refractivity contribution in [1.29, 1.82) is 0 Å². The van der Waals surface area contributed by atoms with Crippen LogP contribution in [-0.2, 0) is 0 Å². The van der Waals surface area contributed by atoms with Crippen LogP contribution in [0.2, 0.25) is 0 Å². The molecule has 2 aliphatic heterocycles. The van der Waals surface area contributed by atoms with Gasteiger partial charge in [-0.1, -0.05) is 6.92 Å². The normalized spacial score (nSPS) is 24.0. The van der Waals surface area contributed by atoms with E-state index in [9.17, 15) is 0 Å². The molecule has 0 aromatic carbocycles. The lowest BCUT2D eigenvalue weighted by molar-refractivity contribution is 0.142. The van der Waals surface area contributed by atoms with Crippen LogP contribution < -0.4 is 15.5 Å². The van der Waals surface area contributed by atoms with Gasteiger partial charge in [-0.05, 0) is 69.5 Å². The predicted octanol–water partition coefficient (Wildman–Crippen LogP) is 3.39. The number of anilines is 1. The van der Waals surface area contributed by atoms with E-state index in [1.807, 2.05) is 11.3 Å². The molecule has 0 spiro atoms. The largest absolute Gasteiger partial charge is 0.363 e. The zero-order chi connectivity index (χ0) is 19.1. The minimum absolute atomic E-state index is 0.517. The number of hydrogen-bond acceptors (Lipinski definition) is 4. The summed E-state index contributed by atoms with van der Waals surface area (Å²) in [4.78, 5) is 10.0. The van der Waals surface area contributed by atoms with Crippen molar-refractivity contribution in [1.82, 2.24) is 15.5 Å². The quantitative estimate of drug-likeness (QED) is 0.576. The van der Waals surface area contributed by atoms with Gasteiger partial charge < -0.3 is 15.5 Å². The van der Waals surface area contributed by atoms with Crippen LogP contribution in [0, 0.1) is 5.92 Å². The highest BCUT2D eigenvalue weighted by Crippen LogP contribution is 2.24. The molecule has 5 nitrogen and oxygen atoms in total. The second kappa shape index (κ2) is 10.3. The second-order valence-electron chi connectivity index (χ2n) is 8.17. The Morgan fingerprint density at radius 3 is 2.78 bits per heavy atom. The van der Waals surface area contributed by atoms with Gasteiger partial charge >= 0.3 is 0 Å². The minimum atomic E-state index is 0.517. The van der Waals surface area contributed by atoms with Gasteiger partial charge in [0, 0.05) is 38.3 Å². The van der Waals surface area contributed by atoms with E-state index in [-0.39, 0.29) is 0 Å². The number of thiophene rings is 1. The monoisotopic (exact) mass is 391 g/mol. The van der Waals surface area contributed by atoms with Crippen LogP contribution in [0.1, 0.15) is 46.5 Å². The molecule has 0 amide bonds. The summed E-state index contributed by atoms with van der Waals surface area (Å²) in [6, 6.07) is 5.41. The van der Waals surface area contributed by atoms with Crippen molar-refractivity contribution in [2.45, 2.75) is 58.5 Å². The summed E-state index contributed by atoms with van der Waals surface area (Å²) in [6.45, 7) is 13.3. The summed E-state index contributed by atoms with van der Waals surface area (Å²) in [5.74, 6) is 1.81. The molecule has 0 radical (unpaired) electrons. The molecule has 0 bridgehead atoms. The maximum atomic E-state index is 4.92. The van der Waals surface area contributed by atoms with Crippen molar-refractivity contribution < 1.29 is 0 Å². The van der Waals surface area contributed by atoms with Crippen molar-refractivity contribution in [2.24, 2.45) is 10.9 Å². The molecule has 3 heterocycles. The fraction of sp³-hybridized carbons (Fsp3) is 0.762. The van der Waals surface area contributed by atoms with E-state index in [2.05, 4.69) is 58.7 Å².